The molecule has 2 aromatic rings. The van der Waals surface area contributed by atoms with Gasteiger partial charge in [0, 0.05) is 5.69 Å². The monoisotopic (exact) mass is 285 g/mol. The zero-order valence-corrected chi connectivity index (χ0v) is 12.4. The molecule has 110 valence electrons. The van der Waals surface area contributed by atoms with Gasteiger partial charge in [0.25, 0.3) is 0 Å². The normalized spacial score (nSPS) is 10.5. The van der Waals surface area contributed by atoms with Gasteiger partial charge in [-0.05, 0) is 35.7 Å². The van der Waals surface area contributed by atoms with Crippen LogP contribution in [0.3, 0.4) is 0 Å². The predicted molar refractivity (Wildman–Crippen MR) is 82.8 cm³/mol. The maximum absolute atomic E-state index is 11.8. The lowest BCUT2D eigenvalue weighted by Crippen LogP contribution is -2.05. The number of esters is 1. The van der Waals surface area contributed by atoms with E-state index in [1.54, 1.807) is 18.2 Å². The molecule has 0 spiro atoms. The van der Waals surface area contributed by atoms with Gasteiger partial charge in [0.05, 0.1) is 7.11 Å². The van der Waals surface area contributed by atoms with E-state index in [0.717, 1.165) is 11.3 Å². The molecule has 0 aliphatic heterocycles. The molecule has 0 atom stereocenters. The second-order valence-electron chi connectivity index (χ2n) is 5.04. The number of rotatable bonds is 4. The van der Waals surface area contributed by atoms with Gasteiger partial charge in [-0.1, -0.05) is 32.0 Å². The van der Waals surface area contributed by atoms with Crippen LogP contribution in [0.2, 0.25) is 0 Å². The number of carbonyl (C=O) groups is 1. The Morgan fingerprint density at radius 3 is 2.48 bits per heavy atom. The van der Waals surface area contributed by atoms with E-state index in [2.05, 4.69) is 13.8 Å². The third-order valence-corrected chi connectivity index (χ3v) is 3.17. The van der Waals surface area contributed by atoms with Gasteiger partial charge in [0.1, 0.15) is 17.1 Å². The molecule has 2 aromatic carbocycles. The topological polar surface area (TPSA) is 61.5 Å². The van der Waals surface area contributed by atoms with Gasteiger partial charge in [-0.15, -0.1) is 0 Å². The third-order valence-electron chi connectivity index (χ3n) is 3.17. The first-order chi connectivity index (χ1) is 10.0. The molecule has 2 N–H and O–H groups in total. The van der Waals surface area contributed by atoms with Crippen molar-refractivity contribution in [3.05, 3.63) is 53.6 Å². The summed E-state index contributed by atoms with van der Waals surface area (Å²) in [5.74, 6) is 1.00. The fourth-order valence-electron chi connectivity index (χ4n) is 2.07. The van der Waals surface area contributed by atoms with Crippen LogP contribution >= 0.6 is 0 Å². The fraction of sp³-hybridized carbons (Fsp3) is 0.235. The number of nitrogens with two attached hydrogens (primary N) is 1. The second-order valence-corrected chi connectivity index (χ2v) is 5.04. The minimum Gasteiger partial charge on any atom is -0.465 e. The molecule has 0 unspecified atom stereocenters. The van der Waals surface area contributed by atoms with Gasteiger partial charge in [0.15, 0.2) is 0 Å². The number of benzene rings is 2. The van der Waals surface area contributed by atoms with Crippen molar-refractivity contribution in [2.75, 3.05) is 12.8 Å². The average molecular weight is 285 g/mol. The molecule has 0 saturated heterocycles. The molecule has 0 bridgehead atoms. The Hall–Kier alpha value is -2.49. The zero-order chi connectivity index (χ0) is 15.4. The summed E-state index contributed by atoms with van der Waals surface area (Å²) in [7, 11) is 1.33. The van der Waals surface area contributed by atoms with E-state index >= 15 is 0 Å². The first kappa shape index (κ1) is 14.9. The Morgan fingerprint density at radius 1 is 1.10 bits per heavy atom. The predicted octanol–water partition coefficient (Wildman–Crippen LogP) is 3.97. The molecule has 0 amide bonds. The average Bonchev–Trinajstić information content (AvgIpc) is 2.48. The van der Waals surface area contributed by atoms with E-state index in [4.69, 9.17) is 15.2 Å². The Balaban J connectivity index is 2.43. The lowest BCUT2D eigenvalue weighted by atomic mass is 10.0. The molecule has 21 heavy (non-hydrogen) atoms. The molecule has 4 nitrogen and oxygen atoms in total. The van der Waals surface area contributed by atoms with Crippen LogP contribution in [0.15, 0.2) is 42.5 Å². The first-order valence-corrected chi connectivity index (χ1v) is 6.77. The van der Waals surface area contributed by atoms with E-state index in [0.29, 0.717) is 22.9 Å². The minimum absolute atomic E-state index is 0.316. The standard InChI is InChI=1S/C17H19NO3/c1-11(2)13-6-4-5-7-15(13)21-16-9-8-12(18)10-14(16)17(19)20-3/h4-11H,18H2,1-3H3. The van der Waals surface area contributed by atoms with Crippen LogP contribution in [0.25, 0.3) is 0 Å². The van der Waals surface area contributed by atoms with Gasteiger partial charge in [0.2, 0.25) is 0 Å². The largest absolute Gasteiger partial charge is 0.465 e. The lowest BCUT2D eigenvalue weighted by molar-refractivity contribution is 0.0598. The number of nitrogen functional groups attached to an aromatic ring is 1. The molecule has 0 aliphatic rings. The fourth-order valence-corrected chi connectivity index (χ4v) is 2.07. The van der Waals surface area contributed by atoms with Crippen LogP contribution in [0, 0.1) is 0 Å². The minimum atomic E-state index is -0.473. The number of ether oxygens (including phenoxy) is 2. The van der Waals surface area contributed by atoms with Crippen LogP contribution in [-0.2, 0) is 4.74 Å². The lowest BCUT2D eigenvalue weighted by Gasteiger charge is -2.15. The van der Waals surface area contributed by atoms with Crippen molar-refractivity contribution in [1.82, 2.24) is 0 Å². The highest BCUT2D eigenvalue weighted by molar-refractivity contribution is 5.93. The van der Waals surface area contributed by atoms with Crippen molar-refractivity contribution in [2.24, 2.45) is 0 Å². The van der Waals surface area contributed by atoms with E-state index < -0.39 is 5.97 Å². The molecule has 0 heterocycles. The van der Waals surface area contributed by atoms with Gasteiger partial charge in [-0.25, -0.2) is 4.79 Å². The quantitative estimate of drug-likeness (QED) is 0.682. The van der Waals surface area contributed by atoms with Crippen molar-refractivity contribution in [3.8, 4) is 11.5 Å². The smallest absolute Gasteiger partial charge is 0.341 e. The van der Waals surface area contributed by atoms with Crippen LogP contribution < -0.4 is 10.5 Å². The number of methoxy groups -OCH3 is 1. The number of para-hydroxylation sites is 1. The summed E-state index contributed by atoms with van der Waals surface area (Å²) in [6.07, 6.45) is 0. The van der Waals surface area contributed by atoms with Crippen molar-refractivity contribution in [1.29, 1.82) is 0 Å². The van der Waals surface area contributed by atoms with Crippen LogP contribution in [-0.4, -0.2) is 13.1 Å². The van der Waals surface area contributed by atoms with Crippen molar-refractivity contribution in [3.63, 3.8) is 0 Å². The molecule has 2 rings (SSSR count). The summed E-state index contributed by atoms with van der Waals surface area (Å²) < 4.78 is 10.7. The van der Waals surface area contributed by atoms with E-state index in [-0.39, 0.29) is 0 Å². The van der Waals surface area contributed by atoms with E-state index in [9.17, 15) is 4.79 Å². The molecule has 0 fully saturated rings. The molecule has 0 aromatic heterocycles. The Kier molecular flexibility index (Phi) is 4.48. The summed E-state index contributed by atoms with van der Waals surface area (Å²) in [5, 5.41) is 0. The summed E-state index contributed by atoms with van der Waals surface area (Å²) >= 11 is 0. The number of hydrogen-bond donors (Lipinski definition) is 1. The molecule has 0 aliphatic carbocycles. The van der Waals surface area contributed by atoms with Crippen molar-refractivity contribution in [2.45, 2.75) is 19.8 Å². The van der Waals surface area contributed by atoms with E-state index in [1.165, 1.54) is 7.11 Å². The number of anilines is 1. The number of hydrogen-bond acceptors (Lipinski definition) is 4. The highest BCUT2D eigenvalue weighted by Gasteiger charge is 2.16. The van der Waals surface area contributed by atoms with Gasteiger partial charge >= 0.3 is 5.97 Å². The van der Waals surface area contributed by atoms with Crippen molar-refractivity contribution >= 4 is 11.7 Å². The Bertz CT molecular complexity index is 650. The summed E-state index contributed by atoms with van der Waals surface area (Å²) in [6, 6.07) is 12.7. The summed E-state index contributed by atoms with van der Waals surface area (Å²) in [4.78, 5) is 11.8. The molecule has 0 saturated carbocycles. The van der Waals surface area contributed by atoms with Crippen molar-refractivity contribution < 1.29 is 14.3 Å². The summed E-state index contributed by atoms with van der Waals surface area (Å²) in [6.45, 7) is 4.18. The summed E-state index contributed by atoms with van der Waals surface area (Å²) in [5.41, 5.74) is 7.60. The second kappa shape index (κ2) is 6.31. The van der Waals surface area contributed by atoms with Crippen LogP contribution in [0.4, 0.5) is 5.69 Å². The maximum Gasteiger partial charge on any atom is 0.341 e. The SMILES string of the molecule is COC(=O)c1cc(N)ccc1Oc1ccccc1C(C)C. The van der Waals surface area contributed by atoms with E-state index in [1.807, 2.05) is 24.3 Å². The molecule has 0 radical (unpaired) electrons. The van der Waals surface area contributed by atoms with Gasteiger partial charge < -0.3 is 15.2 Å². The Labute approximate surface area is 124 Å². The number of carbonyl (C=O) groups excluding carboxylic acids is 1. The first-order valence-electron chi connectivity index (χ1n) is 6.77. The molecular formula is C17H19NO3. The van der Waals surface area contributed by atoms with Crippen LogP contribution in [0.1, 0.15) is 35.7 Å². The van der Waals surface area contributed by atoms with Gasteiger partial charge in [-0.2, -0.15) is 0 Å². The maximum atomic E-state index is 11.8. The molecular weight excluding hydrogens is 266 g/mol. The van der Waals surface area contributed by atoms with Gasteiger partial charge in [-0.3, -0.25) is 0 Å². The van der Waals surface area contributed by atoms with Crippen LogP contribution in [0.5, 0.6) is 11.5 Å². The Morgan fingerprint density at radius 2 is 1.81 bits per heavy atom. The highest BCUT2D eigenvalue weighted by atomic mass is 16.5. The zero-order valence-electron chi connectivity index (χ0n) is 12.4. The molecule has 4 heteroatoms. The highest BCUT2D eigenvalue weighted by Crippen LogP contribution is 2.33. The third kappa shape index (κ3) is 3.34.